The average Bonchev–Trinajstić information content (AvgIpc) is 2.99. The number of fused-ring (bicyclic) bond motifs is 1. The number of aliphatic carboxylic acids is 1. The molecule has 2 N–H and O–H groups in total. The minimum absolute atomic E-state index is 0.0138. The van der Waals surface area contributed by atoms with Crippen molar-refractivity contribution >= 4 is 29.0 Å². The topological polar surface area (TPSA) is 112 Å². The Morgan fingerprint density at radius 2 is 1.85 bits per heavy atom. The molecule has 0 saturated heterocycles. The third kappa shape index (κ3) is 5.25. The number of nitriles is 1. The molecule has 4 rings (SSSR count). The molecule has 33 heavy (non-hydrogen) atoms. The minimum Gasteiger partial charge on any atom is -0.481 e. The molecule has 0 saturated carbocycles. The van der Waals surface area contributed by atoms with E-state index in [1.165, 1.54) is 0 Å². The second kappa shape index (κ2) is 9.51. The smallest absolute Gasteiger partial charge is 0.341 e. The Balaban J connectivity index is 1.80. The van der Waals surface area contributed by atoms with Gasteiger partial charge in [0.1, 0.15) is 5.75 Å². The van der Waals surface area contributed by atoms with Crippen molar-refractivity contribution in [1.29, 1.82) is 5.26 Å². The number of carbonyl (C=O) groups excluding carboxylic acids is 1. The first kappa shape index (κ1) is 21.4. The van der Waals surface area contributed by atoms with E-state index in [0.717, 1.165) is 5.56 Å². The van der Waals surface area contributed by atoms with E-state index in [4.69, 9.17) is 9.84 Å². The number of nitrogens with zero attached hydrogens (tertiary/aromatic N) is 2. The van der Waals surface area contributed by atoms with Gasteiger partial charge in [-0.05, 0) is 35.9 Å². The number of carbonyl (C=O) groups is 2. The van der Waals surface area contributed by atoms with E-state index in [1.54, 1.807) is 36.4 Å². The van der Waals surface area contributed by atoms with Crippen molar-refractivity contribution < 1.29 is 19.4 Å². The molecule has 1 aliphatic heterocycles. The second-order valence-corrected chi connectivity index (χ2v) is 7.14. The van der Waals surface area contributed by atoms with Gasteiger partial charge in [-0.25, -0.2) is 9.79 Å². The zero-order valence-corrected chi connectivity index (χ0v) is 17.3. The summed E-state index contributed by atoms with van der Waals surface area (Å²) in [7, 11) is 0. The number of aliphatic imine (C=N–C) groups is 1. The molecule has 0 unspecified atom stereocenters. The Morgan fingerprint density at radius 3 is 2.61 bits per heavy atom. The molecule has 3 aromatic carbocycles. The van der Waals surface area contributed by atoms with Crippen LogP contribution in [0.25, 0.3) is 0 Å². The number of carboxylic acid groups (broad SMARTS) is 1. The van der Waals surface area contributed by atoms with Gasteiger partial charge in [0.25, 0.3) is 0 Å². The Hall–Kier alpha value is -4.88. The number of benzene rings is 3. The maximum atomic E-state index is 12.6. The lowest BCUT2D eigenvalue weighted by Gasteiger charge is -2.11. The van der Waals surface area contributed by atoms with Gasteiger partial charge in [-0.1, -0.05) is 42.2 Å². The van der Waals surface area contributed by atoms with Crippen molar-refractivity contribution in [2.24, 2.45) is 4.99 Å². The van der Waals surface area contributed by atoms with Crippen molar-refractivity contribution in [3.63, 3.8) is 0 Å². The molecule has 0 spiro atoms. The lowest BCUT2D eigenvalue weighted by Crippen LogP contribution is -2.15. The molecule has 7 heteroatoms. The SMILES string of the molecule is N#Cc1cccc(C2=Nc3cc(OCC(=O)O)c(C#Cc4ccccc4)cc3NC(=O)C2)c1. The summed E-state index contributed by atoms with van der Waals surface area (Å²) in [5, 5.41) is 21.1. The van der Waals surface area contributed by atoms with Gasteiger partial charge < -0.3 is 15.2 Å². The fourth-order valence-corrected chi connectivity index (χ4v) is 3.25. The van der Waals surface area contributed by atoms with E-state index in [1.807, 2.05) is 30.3 Å². The number of anilines is 1. The molecule has 1 aliphatic rings. The third-order valence-electron chi connectivity index (χ3n) is 4.75. The molecular formula is C26H17N3O4. The summed E-state index contributed by atoms with van der Waals surface area (Å²) < 4.78 is 5.47. The van der Waals surface area contributed by atoms with E-state index < -0.39 is 12.6 Å². The largest absolute Gasteiger partial charge is 0.481 e. The van der Waals surface area contributed by atoms with Gasteiger partial charge in [-0.15, -0.1) is 0 Å². The van der Waals surface area contributed by atoms with E-state index >= 15 is 0 Å². The van der Waals surface area contributed by atoms with Crippen molar-refractivity contribution in [2.45, 2.75) is 6.42 Å². The number of amides is 1. The number of hydrogen-bond donors (Lipinski definition) is 2. The van der Waals surface area contributed by atoms with Crippen LogP contribution in [0.15, 0.2) is 71.7 Å². The van der Waals surface area contributed by atoms with Gasteiger partial charge in [-0.2, -0.15) is 5.26 Å². The predicted molar refractivity (Wildman–Crippen MR) is 123 cm³/mol. The number of hydrogen-bond acceptors (Lipinski definition) is 5. The van der Waals surface area contributed by atoms with E-state index in [-0.39, 0.29) is 18.1 Å². The molecule has 0 fully saturated rings. The predicted octanol–water partition coefficient (Wildman–Crippen LogP) is 3.88. The van der Waals surface area contributed by atoms with E-state index in [9.17, 15) is 14.9 Å². The third-order valence-corrected chi connectivity index (χ3v) is 4.75. The van der Waals surface area contributed by atoms with Crippen LogP contribution in [0.4, 0.5) is 11.4 Å². The fourth-order valence-electron chi connectivity index (χ4n) is 3.25. The zero-order chi connectivity index (χ0) is 23.2. The van der Waals surface area contributed by atoms with Gasteiger partial charge in [0, 0.05) is 11.6 Å². The van der Waals surface area contributed by atoms with Crippen LogP contribution in [0.5, 0.6) is 5.75 Å². The zero-order valence-electron chi connectivity index (χ0n) is 17.3. The van der Waals surface area contributed by atoms with Crippen molar-refractivity contribution in [1.82, 2.24) is 0 Å². The van der Waals surface area contributed by atoms with Crippen molar-refractivity contribution in [3.05, 3.63) is 89.0 Å². The summed E-state index contributed by atoms with van der Waals surface area (Å²) in [4.78, 5) is 28.3. The van der Waals surface area contributed by atoms with Crippen LogP contribution in [0.3, 0.4) is 0 Å². The maximum Gasteiger partial charge on any atom is 0.341 e. The van der Waals surface area contributed by atoms with E-state index in [2.05, 4.69) is 28.2 Å². The average molecular weight is 435 g/mol. The standard InChI is InChI=1S/C26H17N3O4/c27-15-18-7-4-8-19(11-18)21-14-25(30)29-22-12-20(10-9-17-5-2-1-3-6-17)24(13-23(22)28-21)33-16-26(31)32/h1-8,11-13H,14,16H2,(H,29,30)(H,31,32). The summed E-state index contributed by atoms with van der Waals surface area (Å²) in [6.45, 7) is -0.550. The Kier molecular flexibility index (Phi) is 6.15. The maximum absolute atomic E-state index is 12.6. The molecule has 1 heterocycles. The first-order valence-corrected chi connectivity index (χ1v) is 9.99. The molecular weight excluding hydrogens is 418 g/mol. The molecule has 0 radical (unpaired) electrons. The van der Waals surface area contributed by atoms with Crippen LogP contribution in [0.1, 0.15) is 28.7 Å². The Morgan fingerprint density at radius 1 is 1.06 bits per heavy atom. The van der Waals surface area contributed by atoms with Gasteiger partial charge in [0.2, 0.25) is 5.91 Å². The molecule has 0 atom stereocenters. The minimum atomic E-state index is -1.13. The number of carboxylic acids is 1. The van der Waals surface area contributed by atoms with Gasteiger partial charge >= 0.3 is 5.97 Å². The van der Waals surface area contributed by atoms with Crippen LogP contribution in [-0.4, -0.2) is 29.3 Å². The van der Waals surface area contributed by atoms with Crippen molar-refractivity contribution in [3.8, 4) is 23.7 Å². The first-order chi connectivity index (χ1) is 16.0. The van der Waals surface area contributed by atoms with Gasteiger partial charge in [0.05, 0.1) is 40.7 Å². The van der Waals surface area contributed by atoms with Crippen molar-refractivity contribution in [2.75, 3.05) is 11.9 Å². The molecule has 0 aliphatic carbocycles. The van der Waals surface area contributed by atoms with Crippen LogP contribution in [0, 0.1) is 23.2 Å². The van der Waals surface area contributed by atoms with Crippen LogP contribution < -0.4 is 10.1 Å². The number of ether oxygens (including phenoxy) is 1. The summed E-state index contributed by atoms with van der Waals surface area (Å²) in [5.74, 6) is 4.85. The highest BCUT2D eigenvalue weighted by molar-refractivity contribution is 6.17. The quantitative estimate of drug-likeness (QED) is 0.604. The van der Waals surface area contributed by atoms with Crippen LogP contribution in [-0.2, 0) is 9.59 Å². The Labute approximate surface area is 190 Å². The van der Waals surface area contributed by atoms with E-state index in [0.29, 0.717) is 33.8 Å². The normalized spacial score (nSPS) is 12.1. The highest BCUT2D eigenvalue weighted by Gasteiger charge is 2.20. The number of rotatable bonds is 4. The first-order valence-electron chi connectivity index (χ1n) is 9.99. The Bertz CT molecular complexity index is 1380. The number of nitrogens with one attached hydrogen (secondary N) is 1. The van der Waals surface area contributed by atoms with Gasteiger partial charge in [-0.3, -0.25) is 4.79 Å². The molecule has 0 aromatic heterocycles. The fraction of sp³-hybridized carbons (Fsp3) is 0.0769. The van der Waals surface area contributed by atoms with Gasteiger partial charge in [0.15, 0.2) is 6.61 Å². The summed E-state index contributed by atoms with van der Waals surface area (Å²) in [6, 6.07) is 21.4. The van der Waals surface area contributed by atoms with Crippen LogP contribution in [0.2, 0.25) is 0 Å². The summed E-state index contributed by atoms with van der Waals surface area (Å²) in [5.41, 5.74) is 3.63. The lowest BCUT2D eigenvalue weighted by molar-refractivity contribution is -0.139. The molecule has 160 valence electrons. The highest BCUT2D eigenvalue weighted by Crippen LogP contribution is 2.35. The highest BCUT2D eigenvalue weighted by atomic mass is 16.5. The molecule has 0 bridgehead atoms. The molecule has 3 aromatic rings. The van der Waals surface area contributed by atoms with Crippen LogP contribution >= 0.6 is 0 Å². The second-order valence-electron chi connectivity index (χ2n) is 7.14. The lowest BCUT2D eigenvalue weighted by atomic mass is 10.0. The summed E-state index contributed by atoms with van der Waals surface area (Å²) in [6.07, 6.45) is 0.0138. The summed E-state index contributed by atoms with van der Waals surface area (Å²) >= 11 is 0. The molecule has 1 amide bonds. The monoisotopic (exact) mass is 435 g/mol. The molecule has 7 nitrogen and oxygen atoms in total.